The van der Waals surface area contributed by atoms with Crippen molar-refractivity contribution in [3.05, 3.63) is 60.2 Å². The molecule has 0 bridgehead atoms. The summed E-state index contributed by atoms with van der Waals surface area (Å²) >= 11 is 6.81. The normalized spacial score (nSPS) is 9.65. The predicted molar refractivity (Wildman–Crippen MR) is 106 cm³/mol. The fourth-order valence-corrected chi connectivity index (χ4v) is 2.77. The molecule has 0 radical (unpaired) electrons. The third-order valence-corrected chi connectivity index (χ3v) is 4.33. The van der Waals surface area contributed by atoms with Crippen molar-refractivity contribution in [3.63, 3.8) is 0 Å². The van der Waals surface area contributed by atoms with Gasteiger partial charge in [-0.3, -0.25) is 15.6 Å². The minimum absolute atomic E-state index is 0.161. The highest BCUT2D eigenvalue weighted by Gasteiger charge is 2.03. The van der Waals surface area contributed by atoms with Crippen molar-refractivity contribution in [1.29, 1.82) is 5.26 Å². The van der Waals surface area contributed by atoms with Gasteiger partial charge in [-0.15, -0.1) is 11.8 Å². The molecule has 1 amide bonds. The van der Waals surface area contributed by atoms with Gasteiger partial charge < -0.3 is 10.1 Å². The second-order valence-corrected chi connectivity index (χ2v) is 6.59. The maximum atomic E-state index is 11.7. The van der Waals surface area contributed by atoms with Crippen LogP contribution in [0.1, 0.15) is 5.56 Å². The fraction of sp³-hybridized carbons (Fsp3) is 0.167. The summed E-state index contributed by atoms with van der Waals surface area (Å²) in [5.41, 5.74) is 5.61. The zero-order chi connectivity index (χ0) is 18.6. The van der Waals surface area contributed by atoms with Gasteiger partial charge in [-0.25, -0.2) is 0 Å². The molecule has 0 atom stereocenters. The monoisotopic (exact) mass is 386 g/mol. The number of rotatable bonds is 7. The first-order valence-corrected chi connectivity index (χ1v) is 9.20. The highest BCUT2D eigenvalue weighted by atomic mass is 32.2. The Labute approximate surface area is 161 Å². The second kappa shape index (κ2) is 11.0. The van der Waals surface area contributed by atoms with E-state index in [0.717, 1.165) is 5.75 Å². The van der Waals surface area contributed by atoms with Crippen LogP contribution in [0.15, 0.2) is 59.5 Å². The molecule has 0 saturated heterocycles. The number of thioether (sulfide) groups is 1. The highest BCUT2D eigenvalue weighted by molar-refractivity contribution is 7.99. The van der Waals surface area contributed by atoms with Gasteiger partial charge in [-0.1, -0.05) is 18.2 Å². The summed E-state index contributed by atoms with van der Waals surface area (Å²) in [4.78, 5) is 12.9. The average molecular weight is 387 g/mol. The molecular weight excluding hydrogens is 368 g/mol. The zero-order valence-electron chi connectivity index (χ0n) is 13.9. The Kier molecular flexibility index (Phi) is 8.26. The predicted octanol–water partition coefficient (Wildman–Crippen LogP) is 2.22. The topological polar surface area (TPSA) is 86.2 Å². The first-order chi connectivity index (χ1) is 12.7. The Morgan fingerprint density at radius 1 is 1.12 bits per heavy atom. The number of nitriles is 1. The summed E-state index contributed by atoms with van der Waals surface area (Å²) in [6.07, 6.45) is 0. The lowest BCUT2D eigenvalue weighted by molar-refractivity contribution is -0.123. The van der Waals surface area contributed by atoms with Gasteiger partial charge in [0.1, 0.15) is 5.75 Å². The van der Waals surface area contributed by atoms with E-state index in [1.54, 1.807) is 36.0 Å². The molecule has 6 nitrogen and oxygen atoms in total. The van der Waals surface area contributed by atoms with Gasteiger partial charge in [0.2, 0.25) is 0 Å². The van der Waals surface area contributed by atoms with Crippen LogP contribution in [0, 0.1) is 11.3 Å². The van der Waals surface area contributed by atoms with Crippen molar-refractivity contribution in [2.75, 3.05) is 18.9 Å². The highest BCUT2D eigenvalue weighted by Crippen LogP contribution is 2.15. The average Bonchev–Trinajstić information content (AvgIpc) is 2.69. The van der Waals surface area contributed by atoms with E-state index in [2.05, 4.69) is 28.3 Å². The van der Waals surface area contributed by atoms with E-state index in [1.165, 1.54) is 4.90 Å². The molecule has 0 saturated carbocycles. The Hall–Kier alpha value is -2.76. The summed E-state index contributed by atoms with van der Waals surface area (Å²) in [5.74, 6) is 0.997. The van der Waals surface area contributed by atoms with E-state index in [1.807, 2.05) is 24.3 Å². The maximum absolute atomic E-state index is 11.7. The number of benzene rings is 2. The standard InChI is InChI=1S/C18H18N4O2S2/c19-12-14-6-8-15(9-7-14)24-13-17(23)21-22-18(25)20-10-11-26-16-4-2-1-3-5-16/h1-9H,10-11,13H2,(H,21,23)(H2,20,22,25). The van der Waals surface area contributed by atoms with Gasteiger partial charge in [0, 0.05) is 17.2 Å². The third-order valence-electron chi connectivity index (χ3n) is 3.07. The first-order valence-electron chi connectivity index (χ1n) is 7.81. The van der Waals surface area contributed by atoms with Gasteiger partial charge in [-0.2, -0.15) is 5.26 Å². The van der Waals surface area contributed by atoms with Gasteiger partial charge >= 0.3 is 0 Å². The lowest BCUT2D eigenvalue weighted by atomic mass is 10.2. The van der Waals surface area contributed by atoms with Crippen LogP contribution in [0.2, 0.25) is 0 Å². The zero-order valence-corrected chi connectivity index (χ0v) is 15.5. The number of ether oxygens (including phenoxy) is 1. The first kappa shape index (κ1) is 19.6. The van der Waals surface area contributed by atoms with E-state index in [0.29, 0.717) is 23.0 Å². The summed E-state index contributed by atoms with van der Waals surface area (Å²) < 4.78 is 5.32. The van der Waals surface area contributed by atoms with Crippen LogP contribution < -0.4 is 20.9 Å². The van der Waals surface area contributed by atoms with E-state index < -0.39 is 0 Å². The molecule has 134 valence electrons. The molecule has 0 aliphatic rings. The van der Waals surface area contributed by atoms with Crippen molar-refractivity contribution >= 4 is 35.0 Å². The Balaban J connectivity index is 1.56. The maximum Gasteiger partial charge on any atom is 0.276 e. The summed E-state index contributed by atoms with van der Waals surface area (Å²) in [6, 6.07) is 18.6. The van der Waals surface area contributed by atoms with Crippen LogP contribution >= 0.6 is 24.0 Å². The number of nitrogens with zero attached hydrogens (tertiary/aromatic N) is 1. The number of hydrogen-bond donors (Lipinski definition) is 3. The van der Waals surface area contributed by atoms with Crippen molar-refractivity contribution in [2.45, 2.75) is 4.90 Å². The number of nitrogens with one attached hydrogen (secondary N) is 3. The number of thiocarbonyl (C=S) groups is 1. The van der Waals surface area contributed by atoms with Crippen molar-refractivity contribution in [2.24, 2.45) is 0 Å². The number of carbonyl (C=O) groups is 1. The molecule has 0 spiro atoms. The van der Waals surface area contributed by atoms with Crippen molar-refractivity contribution < 1.29 is 9.53 Å². The van der Waals surface area contributed by atoms with Crippen LogP contribution in [-0.4, -0.2) is 29.9 Å². The van der Waals surface area contributed by atoms with Crippen molar-refractivity contribution in [1.82, 2.24) is 16.2 Å². The third kappa shape index (κ3) is 7.42. The smallest absolute Gasteiger partial charge is 0.276 e. The van der Waals surface area contributed by atoms with E-state index >= 15 is 0 Å². The van der Waals surface area contributed by atoms with Gasteiger partial charge in [-0.05, 0) is 48.6 Å². The largest absolute Gasteiger partial charge is 0.484 e. The van der Waals surface area contributed by atoms with E-state index in [9.17, 15) is 4.79 Å². The number of hydrazine groups is 1. The Morgan fingerprint density at radius 3 is 2.54 bits per heavy atom. The lowest BCUT2D eigenvalue weighted by Crippen LogP contribution is -2.48. The molecule has 26 heavy (non-hydrogen) atoms. The number of carbonyl (C=O) groups excluding carboxylic acids is 1. The van der Waals surface area contributed by atoms with Crippen LogP contribution in [-0.2, 0) is 4.79 Å². The van der Waals surface area contributed by atoms with Crippen LogP contribution in [0.25, 0.3) is 0 Å². The molecular formula is C18H18N4O2S2. The summed E-state index contributed by atoms with van der Waals surface area (Å²) in [7, 11) is 0. The summed E-state index contributed by atoms with van der Waals surface area (Å²) in [6.45, 7) is 0.508. The van der Waals surface area contributed by atoms with Crippen LogP contribution in [0.4, 0.5) is 0 Å². The molecule has 0 fully saturated rings. The van der Waals surface area contributed by atoms with Gasteiger partial charge in [0.05, 0.1) is 11.6 Å². The SMILES string of the molecule is N#Cc1ccc(OCC(=O)NNC(=S)NCCSc2ccccc2)cc1. The van der Waals surface area contributed by atoms with Crippen LogP contribution in [0.5, 0.6) is 5.75 Å². The molecule has 0 unspecified atom stereocenters. The molecule has 2 aromatic rings. The van der Waals surface area contributed by atoms with Crippen molar-refractivity contribution in [3.8, 4) is 11.8 Å². The molecule has 2 aromatic carbocycles. The molecule has 0 aliphatic heterocycles. The number of hydrogen-bond acceptors (Lipinski definition) is 5. The molecule has 3 N–H and O–H groups in total. The van der Waals surface area contributed by atoms with Gasteiger partial charge in [0.15, 0.2) is 11.7 Å². The molecule has 8 heteroatoms. The van der Waals surface area contributed by atoms with E-state index in [4.69, 9.17) is 22.2 Å². The van der Waals surface area contributed by atoms with Gasteiger partial charge in [0.25, 0.3) is 5.91 Å². The Morgan fingerprint density at radius 2 is 1.85 bits per heavy atom. The molecule has 0 heterocycles. The minimum Gasteiger partial charge on any atom is -0.484 e. The lowest BCUT2D eigenvalue weighted by Gasteiger charge is -2.12. The molecule has 2 rings (SSSR count). The summed E-state index contributed by atoms with van der Waals surface area (Å²) in [5, 5.41) is 12.1. The quantitative estimate of drug-likeness (QED) is 0.291. The minimum atomic E-state index is -0.364. The molecule has 0 aromatic heterocycles. The molecule has 0 aliphatic carbocycles. The number of amides is 1. The van der Waals surface area contributed by atoms with Crippen LogP contribution in [0.3, 0.4) is 0 Å². The fourth-order valence-electron chi connectivity index (χ4n) is 1.83. The van der Waals surface area contributed by atoms with E-state index in [-0.39, 0.29) is 12.5 Å². The second-order valence-electron chi connectivity index (χ2n) is 5.02. The Bertz CT molecular complexity index is 761.